The van der Waals surface area contributed by atoms with Crippen molar-refractivity contribution in [2.75, 3.05) is 0 Å². The molecule has 64 valence electrons. The third-order valence-electron chi connectivity index (χ3n) is 1.59. The Morgan fingerprint density at radius 2 is 1.77 bits per heavy atom. The minimum absolute atomic E-state index is 0.834. The summed E-state index contributed by atoms with van der Waals surface area (Å²) in [7, 11) is 0. The van der Waals surface area contributed by atoms with E-state index in [1.54, 1.807) is 12.4 Å². The van der Waals surface area contributed by atoms with Gasteiger partial charge < -0.3 is 0 Å². The lowest BCUT2D eigenvalue weighted by atomic mass is 10.5. The first kappa shape index (κ1) is 8.55. The second kappa shape index (κ2) is 3.78. The van der Waals surface area contributed by atoms with Gasteiger partial charge in [0, 0.05) is 0 Å². The van der Waals surface area contributed by atoms with E-state index in [0.717, 1.165) is 9.52 Å². The van der Waals surface area contributed by atoms with Crippen LogP contribution in [0.5, 0.6) is 0 Å². The summed E-state index contributed by atoms with van der Waals surface area (Å²) in [6.07, 6.45) is 7.38. The fourth-order valence-electron chi connectivity index (χ4n) is 0.990. The van der Waals surface area contributed by atoms with Crippen molar-refractivity contribution in [1.29, 1.82) is 0 Å². The van der Waals surface area contributed by atoms with Gasteiger partial charge in [-0.05, 0) is 39.7 Å². The summed E-state index contributed by atoms with van der Waals surface area (Å²) in [5.74, 6) is 0.834. The van der Waals surface area contributed by atoms with Crippen molar-refractivity contribution >= 4 is 22.6 Å². The molecular formula is C9H7IN3+. The van der Waals surface area contributed by atoms with Gasteiger partial charge in [0.1, 0.15) is 9.90 Å². The Kier molecular flexibility index (Phi) is 2.49. The molecule has 13 heavy (non-hydrogen) atoms. The highest BCUT2D eigenvalue weighted by Gasteiger charge is 2.05. The predicted octanol–water partition coefficient (Wildman–Crippen LogP) is 1.36. The molecule has 2 aromatic heterocycles. The molecule has 0 spiro atoms. The van der Waals surface area contributed by atoms with Gasteiger partial charge in [0.2, 0.25) is 0 Å². The number of aromatic nitrogens is 3. The Labute approximate surface area is 89.6 Å². The Hall–Kier alpha value is -1.04. The van der Waals surface area contributed by atoms with E-state index in [4.69, 9.17) is 0 Å². The summed E-state index contributed by atoms with van der Waals surface area (Å²) in [4.78, 5) is 8.40. The van der Waals surface area contributed by atoms with Crippen LogP contribution in [-0.4, -0.2) is 9.97 Å². The van der Waals surface area contributed by atoms with Crippen molar-refractivity contribution in [2.45, 2.75) is 0 Å². The van der Waals surface area contributed by atoms with Crippen molar-refractivity contribution in [3.8, 4) is 5.82 Å². The summed E-state index contributed by atoms with van der Waals surface area (Å²) in [6, 6.07) is 5.88. The van der Waals surface area contributed by atoms with Crippen LogP contribution in [-0.2, 0) is 0 Å². The standard InChI is InChI=1S/C9H7IN3/c10-8-6-12-9(7-11-8)13-4-2-1-3-5-13/h1-7H/q+1. The molecule has 2 rings (SSSR count). The maximum atomic E-state index is 4.24. The fourth-order valence-corrected chi connectivity index (χ4v) is 1.27. The molecule has 0 saturated heterocycles. The van der Waals surface area contributed by atoms with Crippen LogP contribution < -0.4 is 4.57 Å². The first-order valence-electron chi connectivity index (χ1n) is 3.80. The number of rotatable bonds is 1. The molecule has 0 bridgehead atoms. The third kappa shape index (κ3) is 2.00. The topological polar surface area (TPSA) is 29.7 Å². The van der Waals surface area contributed by atoms with Crippen molar-refractivity contribution in [3.63, 3.8) is 0 Å². The highest BCUT2D eigenvalue weighted by atomic mass is 127. The molecule has 0 amide bonds. The van der Waals surface area contributed by atoms with E-state index in [0.29, 0.717) is 0 Å². The number of halogens is 1. The highest BCUT2D eigenvalue weighted by molar-refractivity contribution is 14.1. The van der Waals surface area contributed by atoms with Gasteiger partial charge in [-0.15, -0.1) is 0 Å². The molecule has 0 atom stereocenters. The lowest BCUT2D eigenvalue weighted by Crippen LogP contribution is -2.30. The molecule has 0 unspecified atom stereocenters. The maximum absolute atomic E-state index is 4.24. The van der Waals surface area contributed by atoms with Crippen LogP contribution in [0.2, 0.25) is 0 Å². The van der Waals surface area contributed by atoms with Crippen LogP contribution in [0.25, 0.3) is 5.82 Å². The Morgan fingerprint density at radius 1 is 1.00 bits per heavy atom. The molecule has 4 heteroatoms. The number of hydrogen-bond acceptors (Lipinski definition) is 2. The predicted molar refractivity (Wildman–Crippen MR) is 56.3 cm³/mol. The average Bonchev–Trinajstić information content (AvgIpc) is 2.20. The molecule has 0 N–H and O–H groups in total. The second-order valence-corrected chi connectivity index (χ2v) is 3.59. The monoisotopic (exact) mass is 284 g/mol. The first-order chi connectivity index (χ1) is 6.36. The van der Waals surface area contributed by atoms with Crippen molar-refractivity contribution in [1.82, 2.24) is 9.97 Å². The molecule has 0 radical (unpaired) electrons. The van der Waals surface area contributed by atoms with Crippen LogP contribution in [0.15, 0.2) is 43.0 Å². The first-order valence-corrected chi connectivity index (χ1v) is 4.88. The smallest absolute Gasteiger partial charge is 0.238 e. The number of nitrogens with zero attached hydrogens (tertiary/aromatic N) is 3. The van der Waals surface area contributed by atoms with E-state index in [9.17, 15) is 0 Å². The van der Waals surface area contributed by atoms with Crippen LogP contribution in [0.3, 0.4) is 0 Å². The normalized spacial score (nSPS) is 9.92. The van der Waals surface area contributed by atoms with Gasteiger partial charge in [0.05, 0.1) is 12.4 Å². The molecule has 0 aliphatic rings. The molecular weight excluding hydrogens is 277 g/mol. The quantitative estimate of drug-likeness (QED) is 0.584. The van der Waals surface area contributed by atoms with E-state index < -0.39 is 0 Å². The molecule has 0 aromatic carbocycles. The Morgan fingerprint density at radius 3 is 2.38 bits per heavy atom. The summed E-state index contributed by atoms with van der Waals surface area (Å²) in [5, 5.41) is 0. The molecule has 0 aliphatic carbocycles. The minimum atomic E-state index is 0.834. The summed E-state index contributed by atoms with van der Waals surface area (Å²) >= 11 is 2.13. The largest absolute Gasteiger partial charge is 0.346 e. The van der Waals surface area contributed by atoms with E-state index in [-0.39, 0.29) is 0 Å². The lowest BCUT2D eigenvalue weighted by Gasteiger charge is -1.92. The Bertz CT molecular complexity index is 385. The van der Waals surface area contributed by atoms with Gasteiger partial charge in [0.15, 0.2) is 6.20 Å². The van der Waals surface area contributed by atoms with E-state index in [2.05, 4.69) is 32.6 Å². The SMILES string of the molecule is Ic1cnc(-[n+]2ccccc2)cn1. The third-order valence-corrected chi connectivity index (χ3v) is 2.14. The van der Waals surface area contributed by atoms with Gasteiger partial charge in [-0.3, -0.25) is 0 Å². The van der Waals surface area contributed by atoms with Crippen LogP contribution in [0.4, 0.5) is 0 Å². The van der Waals surface area contributed by atoms with Crippen LogP contribution in [0.1, 0.15) is 0 Å². The number of pyridine rings is 1. The van der Waals surface area contributed by atoms with Crippen LogP contribution in [0, 0.1) is 3.70 Å². The molecule has 0 aliphatic heterocycles. The van der Waals surface area contributed by atoms with E-state index in [1.165, 1.54) is 0 Å². The van der Waals surface area contributed by atoms with Crippen molar-refractivity contribution in [2.24, 2.45) is 0 Å². The van der Waals surface area contributed by atoms with Gasteiger partial charge >= 0.3 is 5.82 Å². The molecule has 0 fully saturated rings. The van der Waals surface area contributed by atoms with Crippen LogP contribution >= 0.6 is 22.6 Å². The van der Waals surface area contributed by atoms with Crippen molar-refractivity contribution < 1.29 is 4.57 Å². The zero-order valence-electron chi connectivity index (χ0n) is 6.76. The zero-order chi connectivity index (χ0) is 9.10. The summed E-state index contributed by atoms with van der Waals surface area (Å²) in [6.45, 7) is 0. The van der Waals surface area contributed by atoms with Gasteiger partial charge in [-0.2, -0.15) is 0 Å². The minimum Gasteiger partial charge on any atom is -0.238 e. The summed E-state index contributed by atoms with van der Waals surface area (Å²) in [5.41, 5.74) is 0. The molecule has 3 nitrogen and oxygen atoms in total. The van der Waals surface area contributed by atoms with Gasteiger partial charge in [0.25, 0.3) is 0 Å². The zero-order valence-corrected chi connectivity index (χ0v) is 8.92. The second-order valence-electron chi connectivity index (χ2n) is 2.48. The van der Waals surface area contributed by atoms with Gasteiger partial charge in [-0.25, -0.2) is 9.55 Å². The van der Waals surface area contributed by atoms with E-state index >= 15 is 0 Å². The molecule has 2 aromatic rings. The van der Waals surface area contributed by atoms with E-state index in [1.807, 2.05) is 35.2 Å². The van der Waals surface area contributed by atoms with Crippen molar-refractivity contribution in [3.05, 3.63) is 46.7 Å². The average molecular weight is 284 g/mol. The lowest BCUT2D eigenvalue weighted by molar-refractivity contribution is -0.599. The van der Waals surface area contributed by atoms with Gasteiger partial charge in [-0.1, -0.05) is 6.07 Å². The maximum Gasteiger partial charge on any atom is 0.346 e. The number of hydrogen-bond donors (Lipinski definition) is 0. The fraction of sp³-hybridized carbons (Fsp3) is 0. The molecule has 0 saturated carbocycles. The molecule has 2 heterocycles. The highest BCUT2D eigenvalue weighted by Crippen LogP contribution is 1.97. The summed E-state index contributed by atoms with van der Waals surface area (Å²) < 4.78 is 2.82. The Balaban J connectivity index is 2.42.